The molecule has 0 bridgehead atoms. The van der Waals surface area contributed by atoms with Gasteiger partial charge < -0.3 is 14.8 Å². The fourth-order valence-electron chi connectivity index (χ4n) is 6.57. The fraction of sp³-hybridized carbons (Fsp3) is 0.974. The van der Waals surface area contributed by atoms with E-state index in [0.717, 1.165) is 19.5 Å². The van der Waals surface area contributed by atoms with Crippen LogP contribution in [0.1, 0.15) is 226 Å². The third kappa shape index (κ3) is 35.1. The molecule has 0 aromatic carbocycles. The van der Waals surface area contributed by atoms with Gasteiger partial charge in [-0.05, 0) is 32.4 Å². The van der Waals surface area contributed by atoms with Crippen molar-refractivity contribution in [2.75, 3.05) is 13.1 Å². The minimum atomic E-state index is -0.889. The number of carboxylic acid groups (broad SMARTS) is 1. The van der Waals surface area contributed by atoms with Gasteiger partial charge in [-0.1, -0.05) is 201 Å². The second-order valence-electron chi connectivity index (χ2n) is 13.6. The van der Waals surface area contributed by atoms with E-state index in [9.17, 15) is 9.90 Å². The molecule has 0 saturated carbocycles. The first-order valence-electron chi connectivity index (χ1n) is 19.6. The van der Waals surface area contributed by atoms with Crippen LogP contribution in [0.4, 0.5) is 0 Å². The summed E-state index contributed by atoms with van der Waals surface area (Å²) >= 11 is 0. The predicted octanol–water partition coefficient (Wildman–Crippen LogP) is 8.95. The molecule has 43 heavy (non-hydrogen) atoms. The Balaban J connectivity index is 0. The number of carboxylic acids is 1. The standard InChI is InChI=1S/C39H79NO2.Na/c1-4-7-9-11-13-15-17-19-21-23-25-27-29-31-33-35-40(38(6-3)37-39(41)42)36-34-32-30-28-26-24-22-20-18-16-14-12-10-8-5-2;/h38H,4-37H2,1-3H3,(H,41,42);/q;+1/p-1. The summed E-state index contributed by atoms with van der Waals surface area (Å²) in [6, 6.07) is 0.147. The van der Waals surface area contributed by atoms with Crippen LogP contribution >= 0.6 is 0 Å². The summed E-state index contributed by atoms with van der Waals surface area (Å²) in [7, 11) is 0. The summed E-state index contributed by atoms with van der Waals surface area (Å²) in [5, 5.41) is 11.4. The van der Waals surface area contributed by atoms with Crippen molar-refractivity contribution in [2.24, 2.45) is 0 Å². The maximum absolute atomic E-state index is 11.4. The van der Waals surface area contributed by atoms with Crippen LogP contribution < -0.4 is 34.7 Å². The van der Waals surface area contributed by atoms with Crippen molar-refractivity contribution in [3.8, 4) is 0 Å². The molecule has 0 saturated heterocycles. The molecule has 0 radical (unpaired) electrons. The van der Waals surface area contributed by atoms with Gasteiger partial charge >= 0.3 is 29.6 Å². The molecule has 0 aliphatic carbocycles. The number of unbranched alkanes of at least 4 members (excludes halogenated alkanes) is 28. The largest absolute Gasteiger partial charge is 1.00 e. The molecule has 0 spiro atoms. The number of hydrogen-bond donors (Lipinski definition) is 0. The van der Waals surface area contributed by atoms with Gasteiger partial charge in [0.25, 0.3) is 0 Å². The maximum Gasteiger partial charge on any atom is 1.00 e. The van der Waals surface area contributed by atoms with Gasteiger partial charge in [0.05, 0.1) is 0 Å². The van der Waals surface area contributed by atoms with E-state index < -0.39 is 5.97 Å². The van der Waals surface area contributed by atoms with Crippen molar-refractivity contribution in [2.45, 2.75) is 232 Å². The van der Waals surface area contributed by atoms with Crippen LogP contribution in [0, 0.1) is 0 Å². The fourth-order valence-corrected chi connectivity index (χ4v) is 6.57. The zero-order valence-electron chi connectivity index (χ0n) is 30.4. The molecule has 4 heteroatoms. The summed E-state index contributed by atoms with van der Waals surface area (Å²) in [4.78, 5) is 13.8. The molecule has 1 unspecified atom stereocenters. The topological polar surface area (TPSA) is 43.4 Å². The Bertz CT molecular complexity index is 495. The summed E-state index contributed by atoms with van der Waals surface area (Å²) in [5.41, 5.74) is 0. The molecule has 0 amide bonds. The van der Waals surface area contributed by atoms with Gasteiger partial charge in [0, 0.05) is 18.4 Å². The van der Waals surface area contributed by atoms with Crippen molar-refractivity contribution in [3.05, 3.63) is 0 Å². The first-order valence-corrected chi connectivity index (χ1v) is 19.6. The Hall–Kier alpha value is 0.430. The summed E-state index contributed by atoms with van der Waals surface area (Å²) in [5.74, 6) is -0.889. The van der Waals surface area contributed by atoms with Crippen LogP contribution in [0.15, 0.2) is 0 Å². The van der Waals surface area contributed by atoms with Crippen LogP contribution in [0.25, 0.3) is 0 Å². The Labute approximate surface area is 294 Å². The van der Waals surface area contributed by atoms with Gasteiger partial charge in [-0.25, -0.2) is 0 Å². The van der Waals surface area contributed by atoms with Crippen LogP contribution in [-0.2, 0) is 4.79 Å². The Morgan fingerprint density at radius 1 is 0.442 bits per heavy atom. The van der Waals surface area contributed by atoms with Crippen LogP contribution in [0.3, 0.4) is 0 Å². The normalized spacial score (nSPS) is 12.1. The van der Waals surface area contributed by atoms with E-state index in [1.165, 1.54) is 193 Å². The van der Waals surface area contributed by atoms with Gasteiger partial charge in [0.2, 0.25) is 0 Å². The van der Waals surface area contributed by atoms with Gasteiger partial charge in [-0.2, -0.15) is 0 Å². The molecular weight excluding hydrogens is 537 g/mol. The molecule has 0 aliphatic rings. The van der Waals surface area contributed by atoms with Crippen molar-refractivity contribution >= 4 is 5.97 Å². The quantitative estimate of drug-likeness (QED) is 0.0522. The first-order chi connectivity index (χ1) is 20.7. The number of carbonyl (C=O) groups is 1. The number of aliphatic carboxylic acids is 1. The summed E-state index contributed by atoms with van der Waals surface area (Å²) < 4.78 is 0. The zero-order chi connectivity index (χ0) is 30.8. The molecule has 0 aliphatic heterocycles. The zero-order valence-corrected chi connectivity index (χ0v) is 32.4. The number of rotatable bonds is 36. The van der Waals surface area contributed by atoms with Gasteiger partial charge in [-0.15, -0.1) is 0 Å². The average molecular weight is 616 g/mol. The van der Waals surface area contributed by atoms with E-state index in [2.05, 4.69) is 25.7 Å². The van der Waals surface area contributed by atoms with Gasteiger partial charge in [-0.3, -0.25) is 0 Å². The second kappa shape index (κ2) is 38.6. The van der Waals surface area contributed by atoms with E-state index >= 15 is 0 Å². The molecule has 0 fully saturated rings. The molecular formula is C39H78NNaO2. The Morgan fingerprint density at radius 3 is 0.884 bits per heavy atom. The monoisotopic (exact) mass is 616 g/mol. The summed E-state index contributed by atoms with van der Waals surface area (Å²) in [6.07, 6.45) is 42.7. The molecule has 0 rings (SSSR count). The Morgan fingerprint density at radius 2 is 0.674 bits per heavy atom. The van der Waals surface area contributed by atoms with Crippen molar-refractivity contribution in [3.63, 3.8) is 0 Å². The van der Waals surface area contributed by atoms with E-state index in [0.29, 0.717) is 0 Å². The molecule has 0 aromatic rings. The maximum atomic E-state index is 11.4. The molecule has 0 heterocycles. The third-order valence-electron chi connectivity index (χ3n) is 9.49. The van der Waals surface area contributed by atoms with Gasteiger partial charge in [0.1, 0.15) is 0 Å². The average Bonchev–Trinajstić information content (AvgIpc) is 2.98. The second-order valence-corrected chi connectivity index (χ2v) is 13.6. The van der Waals surface area contributed by atoms with Crippen LogP contribution in [-0.4, -0.2) is 30.0 Å². The Kier molecular flexibility index (Phi) is 40.9. The van der Waals surface area contributed by atoms with E-state index in [-0.39, 0.29) is 42.0 Å². The van der Waals surface area contributed by atoms with Crippen molar-refractivity contribution in [1.29, 1.82) is 0 Å². The first kappa shape index (κ1) is 45.6. The molecule has 1 atom stereocenters. The van der Waals surface area contributed by atoms with Crippen LogP contribution in [0.5, 0.6) is 0 Å². The molecule has 0 N–H and O–H groups in total. The van der Waals surface area contributed by atoms with E-state index in [1.54, 1.807) is 0 Å². The van der Waals surface area contributed by atoms with E-state index in [1.807, 2.05) is 0 Å². The SMILES string of the molecule is CCCCCCCCCCCCCCCCCN(CCCCCCCCCCCCCCCCC)C(CC)CC(=O)[O-].[Na+]. The predicted molar refractivity (Wildman–Crippen MR) is 185 cm³/mol. The number of nitrogens with zero attached hydrogens (tertiary/aromatic N) is 1. The van der Waals surface area contributed by atoms with Crippen molar-refractivity contribution in [1.82, 2.24) is 4.90 Å². The van der Waals surface area contributed by atoms with Crippen LogP contribution in [0.2, 0.25) is 0 Å². The van der Waals surface area contributed by atoms with E-state index in [4.69, 9.17) is 0 Å². The smallest absolute Gasteiger partial charge is 0.550 e. The van der Waals surface area contributed by atoms with Gasteiger partial charge in [0.15, 0.2) is 0 Å². The molecule has 252 valence electrons. The number of carbonyl (C=O) groups excluding carboxylic acids is 1. The number of hydrogen-bond acceptors (Lipinski definition) is 3. The third-order valence-corrected chi connectivity index (χ3v) is 9.49. The molecule has 0 aromatic heterocycles. The summed E-state index contributed by atoms with van der Waals surface area (Å²) in [6.45, 7) is 8.84. The minimum Gasteiger partial charge on any atom is -0.550 e. The van der Waals surface area contributed by atoms with Crippen molar-refractivity contribution < 1.29 is 39.5 Å². The minimum absolute atomic E-state index is 0. The molecule has 3 nitrogen and oxygen atoms in total.